The molecule has 1 aromatic carbocycles. The van der Waals surface area contributed by atoms with E-state index in [0.29, 0.717) is 4.47 Å². The standard InChI is InChI=1S/C13H14BrNO4S2/c1-2-7-15(12-6-8-20(16,17)10-12)21(18,19)13-5-3-4-11(14)9-13/h1,3-5,9,12H,6-8,10H2. The summed E-state index contributed by atoms with van der Waals surface area (Å²) in [7, 11) is -7.02. The van der Waals surface area contributed by atoms with Gasteiger partial charge < -0.3 is 0 Å². The van der Waals surface area contributed by atoms with E-state index in [1.165, 1.54) is 12.1 Å². The van der Waals surface area contributed by atoms with Crippen LogP contribution in [-0.4, -0.2) is 45.2 Å². The van der Waals surface area contributed by atoms with Gasteiger partial charge in [0.25, 0.3) is 0 Å². The number of sulfone groups is 1. The Morgan fingerprint density at radius 2 is 2.14 bits per heavy atom. The fourth-order valence-corrected chi connectivity index (χ4v) is 6.26. The number of sulfonamides is 1. The molecule has 114 valence electrons. The van der Waals surface area contributed by atoms with Crippen molar-refractivity contribution >= 4 is 35.8 Å². The van der Waals surface area contributed by atoms with Crippen molar-refractivity contribution in [2.75, 3.05) is 18.1 Å². The average molecular weight is 392 g/mol. The van der Waals surface area contributed by atoms with Gasteiger partial charge in [-0.15, -0.1) is 6.42 Å². The predicted octanol–water partition coefficient (Wildman–Crippen LogP) is 1.26. The fraction of sp³-hybridized carbons (Fsp3) is 0.385. The molecular formula is C13H14BrNO4S2. The number of rotatable bonds is 4. The second kappa shape index (κ2) is 6.08. The van der Waals surface area contributed by atoms with Crippen LogP contribution >= 0.6 is 15.9 Å². The van der Waals surface area contributed by atoms with E-state index < -0.39 is 25.9 Å². The molecule has 0 bridgehead atoms. The Balaban J connectivity index is 2.40. The first-order valence-electron chi connectivity index (χ1n) is 6.17. The molecule has 1 heterocycles. The Hall–Kier alpha value is -0.880. The van der Waals surface area contributed by atoms with Crippen molar-refractivity contribution in [3.05, 3.63) is 28.7 Å². The maximum absolute atomic E-state index is 12.7. The molecule has 0 saturated carbocycles. The third-order valence-corrected chi connectivity index (χ3v) is 7.40. The van der Waals surface area contributed by atoms with Gasteiger partial charge in [-0.1, -0.05) is 27.9 Å². The highest BCUT2D eigenvalue weighted by Crippen LogP contribution is 2.26. The quantitative estimate of drug-likeness (QED) is 0.724. The third kappa shape index (κ3) is 3.66. The van der Waals surface area contributed by atoms with Crippen molar-refractivity contribution in [3.8, 4) is 12.3 Å². The summed E-state index contributed by atoms with van der Waals surface area (Å²) in [6, 6.07) is 5.66. The van der Waals surface area contributed by atoms with Gasteiger partial charge >= 0.3 is 0 Å². The van der Waals surface area contributed by atoms with E-state index in [-0.39, 0.29) is 29.4 Å². The number of halogens is 1. The maximum atomic E-state index is 12.7. The Kier molecular flexibility index (Phi) is 4.78. The number of terminal acetylenes is 1. The van der Waals surface area contributed by atoms with Gasteiger partial charge in [0, 0.05) is 10.5 Å². The van der Waals surface area contributed by atoms with Crippen LogP contribution in [0.4, 0.5) is 0 Å². The van der Waals surface area contributed by atoms with Gasteiger partial charge in [-0.3, -0.25) is 0 Å². The zero-order valence-corrected chi connectivity index (χ0v) is 14.3. The molecule has 0 radical (unpaired) electrons. The predicted molar refractivity (Wildman–Crippen MR) is 83.9 cm³/mol. The minimum Gasteiger partial charge on any atom is -0.229 e. The lowest BCUT2D eigenvalue weighted by Crippen LogP contribution is -2.41. The molecule has 5 nitrogen and oxygen atoms in total. The molecule has 1 saturated heterocycles. The molecule has 8 heteroatoms. The van der Waals surface area contributed by atoms with Crippen molar-refractivity contribution < 1.29 is 16.8 Å². The summed E-state index contributed by atoms with van der Waals surface area (Å²) in [5, 5.41) is 0. The summed E-state index contributed by atoms with van der Waals surface area (Å²) >= 11 is 3.23. The van der Waals surface area contributed by atoms with Gasteiger partial charge in [0.05, 0.1) is 22.9 Å². The lowest BCUT2D eigenvalue weighted by molar-refractivity contribution is 0.371. The normalized spacial score (nSPS) is 21.3. The summed E-state index contributed by atoms with van der Waals surface area (Å²) in [5.74, 6) is 2.12. The van der Waals surface area contributed by atoms with Crippen molar-refractivity contribution in [1.29, 1.82) is 0 Å². The SMILES string of the molecule is C#CCN(C1CCS(=O)(=O)C1)S(=O)(=O)c1cccc(Br)c1. The number of benzene rings is 1. The highest BCUT2D eigenvalue weighted by molar-refractivity contribution is 9.10. The van der Waals surface area contributed by atoms with E-state index in [0.717, 1.165) is 4.31 Å². The largest absolute Gasteiger partial charge is 0.244 e. The topological polar surface area (TPSA) is 71.5 Å². The van der Waals surface area contributed by atoms with Crippen molar-refractivity contribution in [2.24, 2.45) is 0 Å². The summed E-state index contributed by atoms with van der Waals surface area (Å²) in [5.41, 5.74) is 0. The fourth-order valence-electron chi connectivity index (χ4n) is 2.27. The highest BCUT2D eigenvalue weighted by Gasteiger charge is 2.38. The Morgan fingerprint density at radius 1 is 1.43 bits per heavy atom. The minimum absolute atomic E-state index is 0.00720. The van der Waals surface area contributed by atoms with Crippen LogP contribution in [0.25, 0.3) is 0 Å². The minimum atomic E-state index is -3.82. The van der Waals surface area contributed by atoms with Crippen molar-refractivity contribution in [1.82, 2.24) is 4.31 Å². The second-order valence-corrected chi connectivity index (χ2v) is 9.80. The highest BCUT2D eigenvalue weighted by atomic mass is 79.9. The van der Waals surface area contributed by atoms with Gasteiger partial charge in [-0.05, 0) is 24.6 Å². The van der Waals surface area contributed by atoms with E-state index in [4.69, 9.17) is 6.42 Å². The molecule has 0 N–H and O–H groups in total. The van der Waals surface area contributed by atoms with E-state index in [1.807, 2.05) is 0 Å². The first-order chi connectivity index (χ1) is 9.76. The molecule has 1 atom stereocenters. The lowest BCUT2D eigenvalue weighted by atomic mass is 10.3. The molecule has 1 aliphatic heterocycles. The summed E-state index contributed by atoms with van der Waals surface area (Å²) in [4.78, 5) is 0.0939. The first kappa shape index (κ1) is 16.5. The van der Waals surface area contributed by atoms with Crippen LogP contribution in [-0.2, 0) is 19.9 Å². The lowest BCUT2D eigenvalue weighted by Gasteiger charge is -2.25. The monoisotopic (exact) mass is 391 g/mol. The van der Waals surface area contributed by atoms with Crippen LogP contribution in [0.15, 0.2) is 33.6 Å². The smallest absolute Gasteiger partial charge is 0.229 e. The molecule has 0 aromatic heterocycles. The van der Waals surface area contributed by atoms with Crippen LogP contribution in [0, 0.1) is 12.3 Å². The van der Waals surface area contributed by atoms with Gasteiger partial charge in [0.15, 0.2) is 9.84 Å². The van der Waals surface area contributed by atoms with E-state index in [9.17, 15) is 16.8 Å². The Morgan fingerprint density at radius 3 is 2.67 bits per heavy atom. The molecular weight excluding hydrogens is 378 g/mol. The number of hydrogen-bond donors (Lipinski definition) is 0. The Bertz CT molecular complexity index is 781. The average Bonchev–Trinajstić information content (AvgIpc) is 2.75. The zero-order chi connectivity index (χ0) is 15.7. The number of hydrogen-bond acceptors (Lipinski definition) is 4. The maximum Gasteiger partial charge on any atom is 0.244 e. The molecule has 2 rings (SSSR count). The van der Waals surface area contributed by atoms with E-state index in [1.54, 1.807) is 12.1 Å². The van der Waals surface area contributed by atoms with Crippen molar-refractivity contribution in [3.63, 3.8) is 0 Å². The number of nitrogens with zero attached hydrogens (tertiary/aromatic N) is 1. The van der Waals surface area contributed by atoms with Crippen LogP contribution < -0.4 is 0 Å². The molecule has 0 aliphatic carbocycles. The van der Waals surface area contributed by atoms with Crippen molar-refractivity contribution in [2.45, 2.75) is 17.4 Å². The van der Waals surface area contributed by atoms with E-state index in [2.05, 4.69) is 21.9 Å². The van der Waals surface area contributed by atoms with Gasteiger partial charge in [0.1, 0.15) is 0 Å². The zero-order valence-electron chi connectivity index (χ0n) is 11.1. The van der Waals surface area contributed by atoms with Gasteiger partial charge in [0.2, 0.25) is 10.0 Å². The van der Waals surface area contributed by atoms with Crippen LogP contribution in [0.3, 0.4) is 0 Å². The van der Waals surface area contributed by atoms with E-state index >= 15 is 0 Å². The van der Waals surface area contributed by atoms with Crippen LogP contribution in [0.1, 0.15) is 6.42 Å². The molecule has 1 aromatic rings. The second-order valence-electron chi connectivity index (χ2n) is 4.77. The van der Waals surface area contributed by atoms with Gasteiger partial charge in [-0.2, -0.15) is 4.31 Å². The summed E-state index contributed by atoms with van der Waals surface area (Å²) < 4.78 is 50.3. The molecule has 1 unspecified atom stereocenters. The Labute approximate surface area is 133 Å². The molecule has 21 heavy (non-hydrogen) atoms. The van der Waals surface area contributed by atoms with Crippen LogP contribution in [0.2, 0.25) is 0 Å². The first-order valence-corrected chi connectivity index (χ1v) is 10.2. The molecule has 1 aliphatic rings. The summed E-state index contributed by atoms with van der Waals surface area (Å²) in [6.45, 7) is -0.144. The third-order valence-electron chi connectivity index (χ3n) is 3.27. The molecule has 0 spiro atoms. The molecule has 0 amide bonds. The summed E-state index contributed by atoms with van der Waals surface area (Å²) in [6.07, 6.45) is 5.53. The van der Waals surface area contributed by atoms with Crippen LogP contribution in [0.5, 0.6) is 0 Å². The van der Waals surface area contributed by atoms with Gasteiger partial charge in [-0.25, -0.2) is 16.8 Å². The molecule has 1 fully saturated rings.